The molecule has 1 aromatic heterocycles. The molecule has 0 amide bonds. The topological polar surface area (TPSA) is 54.2 Å². The van der Waals surface area contributed by atoms with Crippen LogP contribution in [0.2, 0.25) is 0 Å². The van der Waals surface area contributed by atoms with E-state index in [0.717, 1.165) is 37.6 Å². The molecule has 1 aromatic carbocycles. The zero-order chi connectivity index (χ0) is 14.9. The lowest BCUT2D eigenvalue weighted by atomic mass is 10.1. The fraction of sp³-hybridized carbons (Fsp3) is 0.333. The molecule has 2 N–H and O–H groups in total. The Morgan fingerprint density at radius 2 is 1.95 bits per heavy atom. The minimum Gasteiger partial charge on any atom is -0.356 e. The van der Waals surface area contributed by atoms with E-state index >= 15 is 0 Å². The third-order valence-corrected chi connectivity index (χ3v) is 3.04. The van der Waals surface area contributed by atoms with E-state index in [9.17, 15) is 4.39 Å². The van der Waals surface area contributed by atoms with Crippen LogP contribution in [0.5, 0.6) is 0 Å². The smallest absolute Gasteiger partial charge is 0.191 e. The number of aromatic nitrogens is 2. The van der Waals surface area contributed by atoms with Gasteiger partial charge in [-0.25, -0.2) is 4.39 Å². The molecule has 0 unspecified atom stereocenters. The molecule has 5 nitrogen and oxygen atoms in total. The maximum absolute atomic E-state index is 12.8. The van der Waals surface area contributed by atoms with Crippen LogP contribution < -0.4 is 10.6 Å². The molecule has 22 heavy (non-hydrogen) atoms. The molecule has 0 aliphatic heterocycles. The summed E-state index contributed by atoms with van der Waals surface area (Å²) in [5.74, 6) is 0.548. The van der Waals surface area contributed by atoms with Crippen LogP contribution in [0.25, 0.3) is 0 Å². The second-order valence-corrected chi connectivity index (χ2v) is 4.57. The summed E-state index contributed by atoms with van der Waals surface area (Å²) >= 11 is 0. The van der Waals surface area contributed by atoms with Gasteiger partial charge < -0.3 is 10.6 Å². The van der Waals surface area contributed by atoms with Crippen molar-refractivity contribution in [2.24, 2.45) is 4.99 Å². The SMILES string of the molecule is CN=C(NCCc1ccc(F)cc1)NCCn1cccn1.I. The highest BCUT2D eigenvalue weighted by molar-refractivity contribution is 14.0. The van der Waals surface area contributed by atoms with E-state index in [0.29, 0.717) is 0 Å². The lowest BCUT2D eigenvalue weighted by Gasteiger charge is -2.12. The van der Waals surface area contributed by atoms with Gasteiger partial charge in [0.15, 0.2) is 5.96 Å². The summed E-state index contributed by atoms with van der Waals surface area (Å²) in [5, 5.41) is 10.6. The van der Waals surface area contributed by atoms with Crippen molar-refractivity contribution in [2.45, 2.75) is 13.0 Å². The normalized spacial score (nSPS) is 10.9. The molecule has 2 aromatic rings. The van der Waals surface area contributed by atoms with Gasteiger partial charge >= 0.3 is 0 Å². The summed E-state index contributed by atoms with van der Waals surface area (Å²) in [5.41, 5.74) is 1.09. The molecule has 0 atom stereocenters. The standard InChI is InChI=1S/C15H20FN5.HI/c1-17-15(19-10-12-21-11-2-8-20-21)18-9-7-13-3-5-14(16)6-4-13;/h2-6,8,11H,7,9-10,12H2,1H3,(H2,17,18,19);1H. The second-order valence-electron chi connectivity index (χ2n) is 4.57. The Morgan fingerprint density at radius 3 is 2.59 bits per heavy atom. The Labute approximate surface area is 147 Å². The first kappa shape index (κ1) is 18.4. The zero-order valence-corrected chi connectivity index (χ0v) is 14.8. The van der Waals surface area contributed by atoms with E-state index in [1.807, 2.05) is 16.9 Å². The van der Waals surface area contributed by atoms with E-state index in [1.165, 1.54) is 12.1 Å². The molecule has 0 aliphatic carbocycles. The third kappa shape index (κ3) is 6.42. The van der Waals surface area contributed by atoms with Gasteiger partial charge in [-0.15, -0.1) is 24.0 Å². The molecule has 0 radical (unpaired) electrons. The molecule has 1 heterocycles. The number of halogens is 2. The van der Waals surface area contributed by atoms with Crippen molar-refractivity contribution in [3.63, 3.8) is 0 Å². The van der Waals surface area contributed by atoms with E-state index in [-0.39, 0.29) is 29.8 Å². The number of benzene rings is 1. The van der Waals surface area contributed by atoms with Crippen LogP contribution in [-0.2, 0) is 13.0 Å². The first-order valence-corrected chi connectivity index (χ1v) is 6.94. The number of rotatable bonds is 6. The highest BCUT2D eigenvalue weighted by atomic mass is 127. The van der Waals surface area contributed by atoms with Crippen LogP contribution >= 0.6 is 24.0 Å². The van der Waals surface area contributed by atoms with Crippen molar-refractivity contribution < 1.29 is 4.39 Å². The summed E-state index contributed by atoms with van der Waals surface area (Å²) in [7, 11) is 1.74. The fourth-order valence-corrected chi connectivity index (χ4v) is 1.92. The molecular weight excluding hydrogens is 396 g/mol. The van der Waals surface area contributed by atoms with Crippen molar-refractivity contribution in [2.75, 3.05) is 20.1 Å². The van der Waals surface area contributed by atoms with Crippen molar-refractivity contribution in [1.29, 1.82) is 0 Å². The summed E-state index contributed by atoms with van der Waals surface area (Å²) in [4.78, 5) is 4.16. The Kier molecular flexibility index (Phi) is 8.49. The first-order valence-electron chi connectivity index (χ1n) is 6.94. The molecule has 0 saturated carbocycles. The van der Waals surface area contributed by atoms with Gasteiger partial charge in [0.1, 0.15) is 5.82 Å². The van der Waals surface area contributed by atoms with Crippen LogP contribution in [0, 0.1) is 5.82 Å². The Morgan fingerprint density at radius 1 is 1.23 bits per heavy atom. The predicted octanol–water partition coefficient (Wildman–Crippen LogP) is 2.05. The minimum atomic E-state index is -0.206. The van der Waals surface area contributed by atoms with Gasteiger partial charge in [-0.2, -0.15) is 5.10 Å². The lowest BCUT2D eigenvalue weighted by Crippen LogP contribution is -2.39. The Hall–Kier alpha value is -1.64. The first-order chi connectivity index (χ1) is 10.3. The van der Waals surface area contributed by atoms with Crippen molar-refractivity contribution in [3.8, 4) is 0 Å². The lowest BCUT2D eigenvalue weighted by molar-refractivity contribution is 0.597. The molecule has 0 bridgehead atoms. The van der Waals surface area contributed by atoms with Gasteiger partial charge in [0.2, 0.25) is 0 Å². The molecule has 7 heteroatoms. The van der Waals surface area contributed by atoms with Gasteiger partial charge in [0, 0.05) is 32.5 Å². The number of aliphatic imine (C=N–C) groups is 1. The molecular formula is C15H21FIN5. The average Bonchev–Trinajstić information content (AvgIpc) is 3.01. The summed E-state index contributed by atoms with van der Waals surface area (Å²) in [6.45, 7) is 2.27. The van der Waals surface area contributed by atoms with Crippen molar-refractivity contribution in [3.05, 3.63) is 54.1 Å². The largest absolute Gasteiger partial charge is 0.356 e. The van der Waals surface area contributed by atoms with Gasteiger partial charge in [0.05, 0.1) is 6.54 Å². The van der Waals surface area contributed by atoms with E-state index in [2.05, 4.69) is 20.7 Å². The summed E-state index contributed by atoms with van der Waals surface area (Å²) < 4.78 is 14.7. The second kappa shape index (κ2) is 10.1. The molecule has 0 aliphatic rings. The van der Waals surface area contributed by atoms with Gasteiger partial charge in [-0.1, -0.05) is 12.1 Å². The average molecular weight is 417 g/mol. The van der Waals surface area contributed by atoms with Gasteiger partial charge in [-0.3, -0.25) is 9.67 Å². The van der Waals surface area contributed by atoms with Crippen LogP contribution in [0.15, 0.2) is 47.7 Å². The van der Waals surface area contributed by atoms with E-state index < -0.39 is 0 Å². The van der Waals surface area contributed by atoms with Crippen molar-refractivity contribution in [1.82, 2.24) is 20.4 Å². The maximum atomic E-state index is 12.8. The van der Waals surface area contributed by atoms with Crippen LogP contribution in [0.4, 0.5) is 4.39 Å². The fourth-order valence-electron chi connectivity index (χ4n) is 1.92. The van der Waals surface area contributed by atoms with Gasteiger partial charge in [0.25, 0.3) is 0 Å². The maximum Gasteiger partial charge on any atom is 0.191 e. The summed E-state index contributed by atoms with van der Waals surface area (Å²) in [6.07, 6.45) is 4.50. The van der Waals surface area contributed by atoms with Crippen molar-refractivity contribution >= 4 is 29.9 Å². The molecule has 2 rings (SSSR count). The highest BCUT2D eigenvalue weighted by Crippen LogP contribution is 2.02. The molecule has 120 valence electrons. The monoisotopic (exact) mass is 417 g/mol. The number of hydrogen-bond acceptors (Lipinski definition) is 2. The number of nitrogens with zero attached hydrogens (tertiary/aromatic N) is 3. The third-order valence-electron chi connectivity index (χ3n) is 3.04. The minimum absolute atomic E-state index is 0. The molecule has 0 saturated heterocycles. The van der Waals surface area contributed by atoms with Crippen LogP contribution in [-0.4, -0.2) is 35.9 Å². The zero-order valence-electron chi connectivity index (χ0n) is 12.5. The highest BCUT2D eigenvalue weighted by Gasteiger charge is 1.98. The molecule has 0 fully saturated rings. The summed E-state index contributed by atoms with van der Waals surface area (Å²) in [6, 6.07) is 8.45. The number of hydrogen-bond donors (Lipinski definition) is 2. The van der Waals surface area contributed by atoms with Crippen LogP contribution in [0.3, 0.4) is 0 Å². The Bertz CT molecular complexity index is 554. The molecule has 0 spiro atoms. The number of nitrogens with one attached hydrogen (secondary N) is 2. The van der Waals surface area contributed by atoms with Crippen LogP contribution in [0.1, 0.15) is 5.56 Å². The predicted molar refractivity (Wildman–Crippen MR) is 97.1 cm³/mol. The van der Waals surface area contributed by atoms with Gasteiger partial charge in [-0.05, 0) is 30.2 Å². The number of guanidine groups is 1. The van der Waals surface area contributed by atoms with E-state index in [1.54, 1.807) is 25.4 Å². The Balaban J connectivity index is 0.00000242. The quantitative estimate of drug-likeness (QED) is 0.430. The van der Waals surface area contributed by atoms with E-state index in [4.69, 9.17) is 0 Å².